The largest absolute Gasteiger partial charge is 0.876 e. The Balaban J connectivity index is 2.45. The van der Waals surface area contributed by atoms with E-state index in [0.717, 1.165) is 19.3 Å². The fourth-order valence-electron chi connectivity index (χ4n) is 0.641. The zero-order chi connectivity index (χ0) is 4.41. The second-order valence-corrected chi connectivity index (χ2v) is 1.56. The third-order valence-electron chi connectivity index (χ3n) is 0.999. The van der Waals surface area contributed by atoms with Crippen LogP contribution in [0.2, 0.25) is 0 Å². The van der Waals surface area contributed by atoms with E-state index in [2.05, 4.69) is 0 Å². The highest BCUT2D eigenvalue weighted by Crippen LogP contribution is 2.10. The Morgan fingerprint density at radius 1 is 1.67 bits per heavy atom. The molecule has 0 aliphatic heterocycles. The highest BCUT2D eigenvalue weighted by atomic mass is 16.3. The summed E-state index contributed by atoms with van der Waals surface area (Å²) in [5.74, 6) is 0.329. The summed E-state index contributed by atoms with van der Waals surface area (Å²) < 4.78 is 0. The third-order valence-corrected chi connectivity index (χ3v) is 0.999. The molecular formula is C5H7O-. The Morgan fingerprint density at radius 3 is 2.67 bits per heavy atom. The molecule has 1 nitrogen and oxygen atoms in total. The summed E-state index contributed by atoms with van der Waals surface area (Å²) in [6, 6.07) is 0. The molecule has 0 radical (unpaired) electrons. The monoisotopic (exact) mass is 83.1 g/mol. The first-order valence-electron chi connectivity index (χ1n) is 2.25. The lowest BCUT2D eigenvalue weighted by molar-refractivity contribution is -0.305. The van der Waals surface area contributed by atoms with Crippen molar-refractivity contribution in [3.8, 4) is 0 Å². The maximum absolute atomic E-state index is 10.2. The quantitative estimate of drug-likeness (QED) is 0.416. The van der Waals surface area contributed by atoms with Crippen molar-refractivity contribution in [1.29, 1.82) is 0 Å². The summed E-state index contributed by atoms with van der Waals surface area (Å²) in [4.78, 5) is 0. The summed E-state index contributed by atoms with van der Waals surface area (Å²) >= 11 is 0. The molecule has 0 N–H and O–H groups in total. The summed E-state index contributed by atoms with van der Waals surface area (Å²) in [6.45, 7) is 0. The van der Waals surface area contributed by atoms with Crippen LogP contribution in [-0.2, 0) is 0 Å². The SMILES string of the molecule is [O-]C1=CCCC1. The fraction of sp³-hybridized carbons (Fsp3) is 0.600. The molecule has 0 spiro atoms. The summed E-state index contributed by atoms with van der Waals surface area (Å²) in [6.07, 6.45) is 4.65. The van der Waals surface area contributed by atoms with Gasteiger partial charge in [-0.05, 0) is 19.3 Å². The molecule has 0 bridgehead atoms. The van der Waals surface area contributed by atoms with E-state index in [9.17, 15) is 5.11 Å². The van der Waals surface area contributed by atoms with Crippen LogP contribution in [0.4, 0.5) is 0 Å². The van der Waals surface area contributed by atoms with Crippen molar-refractivity contribution >= 4 is 0 Å². The van der Waals surface area contributed by atoms with Gasteiger partial charge >= 0.3 is 0 Å². The predicted molar refractivity (Wildman–Crippen MR) is 21.9 cm³/mol. The van der Waals surface area contributed by atoms with Gasteiger partial charge in [0.25, 0.3) is 0 Å². The molecular weight excluding hydrogens is 76.1 g/mol. The molecule has 1 aliphatic rings. The van der Waals surface area contributed by atoms with E-state index in [1.807, 2.05) is 0 Å². The van der Waals surface area contributed by atoms with Gasteiger partial charge in [-0.15, -0.1) is 5.76 Å². The average Bonchev–Trinajstić information content (AvgIpc) is 1.86. The van der Waals surface area contributed by atoms with Crippen LogP contribution >= 0.6 is 0 Å². The molecule has 0 fully saturated rings. The molecule has 0 aromatic rings. The average molecular weight is 83.1 g/mol. The van der Waals surface area contributed by atoms with E-state index in [1.165, 1.54) is 0 Å². The highest BCUT2D eigenvalue weighted by Gasteiger charge is 1.90. The molecule has 1 rings (SSSR count). The predicted octanol–water partition coefficient (Wildman–Crippen LogP) is 0.414. The smallest absolute Gasteiger partial charge is 0.0354 e. The number of allylic oxidation sites excluding steroid dienone is 2. The Morgan fingerprint density at radius 2 is 2.50 bits per heavy atom. The lowest BCUT2D eigenvalue weighted by Gasteiger charge is -1.99. The first-order chi connectivity index (χ1) is 2.89. The fourth-order valence-corrected chi connectivity index (χ4v) is 0.641. The normalized spacial score (nSPS) is 21.0. The van der Waals surface area contributed by atoms with Crippen molar-refractivity contribution in [2.45, 2.75) is 19.3 Å². The topological polar surface area (TPSA) is 23.1 Å². The van der Waals surface area contributed by atoms with Gasteiger partial charge in [0, 0.05) is 0 Å². The molecule has 0 atom stereocenters. The van der Waals surface area contributed by atoms with Crippen LogP contribution in [0, 0.1) is 0 Å². The maximum atomic E-state index is 10.2. The number of hydrogen-bond acceptors (Lipinski definition) is 1. The maximum Gasteiger partial charge on any atom is -0.0354 e. The molecule has 0 amide bonds. The summed E-state index contributed by atoms with van der Waals surface area (Å²) in [5, 5.41) is 10.2. The molecule has 0 aromatic heterocycles. The van der Waals surface area contributed by atoms with Crippen LogP contribution < -0.4 is 5.11 Å². The zero-order valence-electron chi connectivity index (χ0n) is 3.61. The van der Waals surface area contributed by atoms with Gasteiger partial charge in [-0.2, -0.15) is 0 Å². The van der Waals surface area contributed by atoms with Crippen molar-refractivity contribution in [2.75, 3.05) is 0 Å². The molecule has 0 saturated heterocycles. The third kappa shape index (κ3) is 0.534. The van der Waals surface area contributed by atoms with E-state index < -0.39 is 0 Å². The minimum absolute atomic E-state index is 0.329. The Hall–Kier alpha value is -0.460. The standard InChI is InChI=1S/C5H8O/c6-5-3-1-2-4-5/h3,6H,1-2,4H2/p-1. The van der Waals surface area contributed by atoms with Gasteiger partial charge < -0.3 is 5.11 Å². The van der Waals surface area contributed by atoms with Crippen LogP contribution in [0.15, 0.2) is 11.8 Å². The van der Waals surface area contributed by atoms with Crippen LogP contribution in [0.1, 0.15) is 19.3 Å². The highest BCUT2D eigenvalue weighted by molar-refractivity contribution is 4.95. The van der Waals surface area contributed by atoms with Crippen LogP contribution in [0.5, 0.6) is 0 Å². The first-order valence-corrected chi connectivity index (χ1v) is 2.25. The molecule has 1 aliphatic carbocycles. The van der Waals surface area contributed by atoms with Gasteiger partial charge in [-0.25, -0.2) is 0 Å². The van der Waals surface area contributed by atoms with Crippen molar-refractivity contribution in [1.82, 2.24) is 0 Å². The van der Waals surface area contributed by atoms with Gasteiger partial charge in [0.15, 0.2) is 0 Å². The van der Waals surface area contributed by atoms with Gasteiger partial charge in [-0.1, -0.05) is 6.08 Å². The van der Waals surface area contributed by atoms with Crippen molar-refractivity contribution < 1.29 is 5.11 Å². The molecule has 0 saturated carbocycles. The molecule has 0 heterocycles. The van der Waals surface area contributed by atoms with Gasteiger partial charge in [0.05, 0.1) is 0 Å². The minimum atomic E-state index is 0.329. The van der Waals surface area contributed by atoms with E-state index >= 15 is 0 Å². The van der Waals surface area contributed by atoms with Crippen LogP contribution in [0.3, 0.4) is 0 Å². The second kappa shape index (κ2) is 1.33. The van der Waals surface area contributed by atoms with Gasteiger partial charge in [0.1, 0.15) is 0 Å². The van der Waals surface area contributed by atoms with Crippen molar-refractivity contribution in [2.24, 2.45) is 0 Å². The molecule has 6 heavy (non-hydrogen) atoms. The van der Waals surface area contributed by atoms with Gasteiger partial charge in [-0.3, -0.25) is 0 Å². The van der Waals surface area contributed by atoms with E-state index in [1.54, 1.807) is 6.08 Å². The molecule has 0 aromatic carbocycles. The van der Waals surface area contributed by atoms with E-state index in [4.69, 9.17) is 0 Å². The number of hydrogen-bond donors (Lipinski definition) is 0. The molecule has 34 valence electrons. The lowest BCUT2D eigenvalue weighted by atomic mass is 10.4. The molecule has 0 unspecified atom stereocenters. The summed E-state index contributed by atoms with van der Waals surface area (Å²) in [7, 11) is 0. The Labute approximate surface area is 37.3 Å². The van der Waals surface area contributed by atoms with Crippen LogP contribution in [-0.4, -0.2) is 0 Å². The Kier molecular flexibility index (Phi) is 0.825. The lowest BCUT2D eigenvalue weighted by Crippen LogP contribution is -1.97. The Bertz CT molecular complexity index is 74.0. The van der Waals surface area contributed by atoms with E-state index in [-0.39, 0.29) is 0 Å². The zero-order valence-corrected chi connectivity index (χ0v) is 3.61. The second-order valence-electron chi connectivity index (χ2n) is 1.56. The van der Waals surface area contributed by atoms with Crippen molar-refractivity contribution in [3.63, 3.8) is 0 Å². The summed E-state index contributed by atoms with van der Waals surface area (Å²) in [5.41, 5.74) is 0. The first kappa shape index (κ1) is 3.72. The minimum Gasteiger partial charge on any atom is -0.876 e. The molecule has 1 heteroatoms. The van der Waals surface area contributed by atoms with E-state index in [0.29, 0.717) is 5.76 Å². The number of rotatable bonds is 0. The van der Waals surface area contributed by atoms with Gasteiger partial charge in [0.2, 0.25) is 0 Å². The van der Waals surface area contributed by atoms with Crippen molar-refractivity contribution in [3.05, 3.63) is 11.8 Å². The van der Waals surface area contributed by atoms with Crippen LogP contribution in [0.25, 0.3) is 0 Å².